The quantitative estimate of drug-likeness (QED) is 0.748. The van der Waals surface area contributed by atoms with Crippen LogP contribution in [0.15, 0.2) is 30.5 Å². The van der Waals surface area contributed by atoms with Crippen molar-refractivity contribution in [3.05, 3.63) is 41.9 Å². The molecule has 0 radical (unpaired) electrons. The van der Waals surface area contributed by atoms with Crippen molar-refractivity contribution in [2.24, 2.45) is 5.73 Å². The average Bonchev–Trinajstić information content (AvgIpc) is 2.73. The molecule has 2 N–H and O–H groups in total. The van der Waals surface area contributed by atoms with E-state index in [1.54, 1.807) is 7.11 Å². The van der Waals surface area contributed by atoms with Gasteiger partial charge in [-0.2, -0.15) is 0 Å². The molecule has 0 saturated carbocycles. The van der Waals surface area contributed by atoms with Crippen molar-refractivity contribution >= 4 is 16.4 Å². The third kappa shape index (κ3) is 1.39. The van der Waals surface area contributed by atoms with Crippen molar-refractivity contribution in [1.29, 1.82) is 0 Å². The third-order valence-corrected chi connectivity index (χ3v) is 3.32. The van der Waals surface area contributed by atoms with Gasteiger partial charge in [-0.05, 0) is 19.1 Å². The minimum Gasteiger partial charge on any atom is -0.496 e. The minimum atomic E-state index is 0.489. The van der Waals surface area contributed by atoms with Crippen LogP contribution in [0.1, 0.15) is 11.4 Å². The molecule has 0 bridgehead atoms. The Morgan fingerprint density at radius 2 is 2.11 bits per heavy atom. The van der Waals surface area contributed by atoms with E-state index in [0.717, 1.165) is 33.6 Å². The fraction of sp³-hybridized carbons (Fsp3) is 0.214. The summed E-state index contributed by atoms with van der Waals surface area (Å²) in [6, 6.07) is 8.03. The Bertz CT molecular complexity index is 731. The van der Waals surface area contributed by atoms with Gasteiger partial charge in [0.1, 0.15) is 11.4 Å². The summed E-state index contributed by atoms with van der Waals surface area (Å²) in [5, 5.41) is 2.15. The van der Waals surface area contributed by atoms with Gasteiger partial charge in [0.25, 0.3) is 0 Å². The zero-order valence-electron chi connectivity index (χ0n) is 10.5. The normalized spacial score (nSPS) is 11.3. The predicted octanol–water partition coefficient (Wildman–Crippen LogP) is 2.26. The topological polar surface area (TPSA) is 52.5 Å². The van der Waals surface area contributed by atoms with Gasteiger partial charge in [0.15, 0.2) is 0 Å². The number of ether oxygens (including phenoxy) is 1. The second-order valence-electron chi connectivity index (χ2n) is 4.28. The molecule has 0 aliphatic heterocycles. The molecule has 4 heteroatoms. The maximum Gasteiger partial charge on any atom is 0.145 e. The lowest BCUT2D eigenvalue weighted by atomic mass is 10.1. The van der Waals surface area contributed by atoms with Crippen LogP contribution in [-0.4, -0.2) is 16.5 Å². The van der Waals surface area contributed by atoms with Gasteiger partial charge in [-0.1, -0.05) is 12.1 Å². The van der Waals surface area contributed by atoms with Crippen LogP contribution >= 0.6 is 0 Å². The largest absolute Gasteiger partial charge is 0.496 e. The lowest BCUT2D eigenvalue weighted by Gasteiger charge is -2.07. The van der Waals surface area contributed by atoms with Crippen molar-refractivity contribution in [2.45, 2.75) is 13.5 Å². The van der Waals surface area contributed by atoms with Gasteiger partial charge in [0, 0.05) is 23.5 Å². The standard InChI is InChI=1S/C14H15N3O/c1-9-12(8-15)17-7-6-10-11(14(17)16-9)4-3-5-13(10)18-2/h3-7H,8,15H2,1-2H3. The van der Waals surface area contributed by atoms with E-state index in [9.17, 15) is 0 Å². The molecule has 0 saturated heterocycles. The van der Waals surface area contributed by atoms with Crippen LogP contribution in [0.2, 0.25) is 0 Å². The van der Waals surface area contributed by atoms with Crippen LogP contribution in [0.5, 0.6) is 5.75 Å². The van der Waals surface area contributed by atoms with Crippen molar-refractivity contribution in [2.75, 3.05) is 7.11 Å². The van der Waals surface area contributed by atoms with Crippen LogP contribution in [0.3, 0.4) is 0 Å². The smallest absolute Gasteiger partial charge is 0.145 e. The Labute approximate surface area is 105 Å². The number of imidazole rings is 1. The van der Waals surface area contributed by atoms with Crippen molar-refractivity contribution in [3.63, 3.8) is 0 Å². The number of hydrogen-bond donors (Lipinski definition) is 1. The van der Waals surface area contributed by atoms with Crippen molar-refractivity contribution < 1.29 is 4.74 Å². The molecule has 0 unspecified atom stereocenters. The Morgan fingerprint density at radius 1 is 1.28 bits per heavy atom. The molecular formula is C14H15N3O. The van der Waals surface area contributed by atoms with E-state index in [1.807, 2.05) is 31.3 Å². The van der Waals surface area contributed by atoms with Gasteiger partial charge in [-0.3, -0.25) is 0 Å². The molecule has 0 fully saturated rings. The first-order valence-corrected chi connectivity index (χ1v) is 5.89. The van der Waals surface area contributed by atoms with Gasteiger partial charge < -0.3 is 14.9 Å². The zero-order valence-corrected chi connectivity index (χ0v) is 10.5. The number of aryl methyl sites for hydroxylation is 1. The highest BCUT2D eigenvalue weighted by atomic mass is 16.5. The second kappa shape index (κ2) is 3.99. The molecule has 0 aliphatic rings. The molecule has 0 atom stereocenters. The van der Waals surface area contributed by atoms with Crippen molar-refractivity contribution in [3.8, 4) is 5.75 Å². The summed E-state index contributed by atoms with van der Waals surface area (Å²) >= 11 is 0. The Morgan fingerprint density at radius 3 is 2.83 bits per heavy atom. The SMILES string of the molecule is COc1cccc2c1ccn1c(CN)c(C)nc21. The van der Waals surface area contributed by atoms with E-state index in [0.29, 0.717) is 6.54 Å². The number of pyridine rings is 1. The molecule has 92 valence electrons. The summed E-state index contributed by atoms with van der Waals surface area (Å²) in [5.74, 6) is 0.866. The molecule has 0 aliphatic carbocycles. The van der Waals surface area contributed by atoms with Gasteiger partial charge in [0.2, 0.25) is 0 Å². The minimum absolute atomic E-state index is 0.489. The summed E-state index contributed by atoms with van der Waals surface area (Å²) in [4.78, 5) is 4.61. The first-order valence-electron chi connectivity index (χ1n) is 5.89. The van der Waals surface area contributed by atoms with E-state index >= 15 is 0 Å². The number of fused-ring (bicyclic) bond motifs is 3. The number of aromatic nitrogens is 2. The average molecular weight is 241 g/mol. The summed E-state index contributed by atoms with van der Waals surface area (Å²) < 4.78 is 7.43. The number of nitrogens with two attached hydrogens (primary N) is 1. The fourth-order valence-corrected chi connectivity index (χ4v) is 2.41. The number of hydrogen-bond acceptors (Lipinski definition) is 3. The van der Waals surface area contributed by atoms with Gasteiger partial charge in [-0.25, -0.2) is 4.98 Å². The highest BCUT2D eigenvalue weighted by Gasteiger charge is 2.11. The molecular weight excluding hydrogens is 226 g/mol. The predicted molar refractivity (Wildman–Crippen MR) is 71.9 cm³/mol. The summed E-state index contributed by atoms with van der Waals surface area (Å²) in [5.41, 5.74) is 8.74. The van der Waals surface area contributed by atoms with Gasteiger partial charge in [-0.15, -0.1) is 0 Å². The monoisotopic (exact) mass is 241 g/mol. The van der Waals surface area contributed by atoms with Gasteiger partial charge >= 0.3 is 0 Å². The van der Waals surface area contributed by atoms with E-state index in [1.165, 1.54) is 0 Å². The van der Waals surface area contributed by atoms with Crippen LogP contribution in [0.4, 0.5) is 0 Å². The first-order chi connectivity index (χ1) is 8.76. The summed E-state index contributed by atoms with van der Waals surface area (Å²) in [6.45, 7) is 2.48. The molecule has 3 aromatic rings. The Hall–Kier alpha value is -2.07. The van der Waals surface area contributed by atoms with E-state index in [-0.39, 0.29) is 0 Å². The van der Waals surface area contributed by atoms with Crippen LogP contribution in [0, 0.1) is 6.92 Å². The number of methoxy groups -OCH3 is 1. The molecule has 4 nitrogen and oxygen atoms in total. The highest BCUT2D eigenvalue weighted by molar-refractivity contribution is 5.97. The molecule has 18 heavy (non-hydrogen) atoms. The molecule has 0 amide bonds. The Balaban J connectivity index is 2.47. The molecule has 2 heterocycles. The fourth-order valence-electron chi connectivity index (χ4n) is 2.41. The van der Waals surface area contributed by atoms with Gasteiger partial charge in [0.05, 0.1) is 18.5 Å². The van der Waals surface area contributed by atoms with E-state index < -0.39 is 0 Å². The summed E-state index contributed by atoms with van der Waals surface area (Å²) in [6.07, 6.45) is 2.00. The molecule has 2 aromatic heterocycles. The lowest BCUT2D eigenvalue weighted by Crippen LogP contribution is -2.02. The maximum atomic E-state index is 5.78. The molecule has 1 aromatic carbocycles. The Kier molecular flexibility index (Phi) is 2.45. The van der Waals surface area contributed by atoms with E-state index in [2.05, 4.69) is 15.5 Å². The maximum absolute atomic E-state index is 5.78. The molecule has 0 spiro atoms. The van der Waals surface area contributed by atoms with Crippen LogP contribution in [-0.2, 0) is 6.54 Å². The number of benzene rings is 1. The summed E-state index contributed by atoms with van der Waals surface area (Å²) in [7, 11) is 1.68. The second-order valence-corrected chi connectivity index (χ2v) is 4.28. The number of nitrogens with zero attached hydrogens (tertiary/aromatic N) is 2. The lowest BCUT2D eigenvalue weighted by molar-refractivity contribution is 0.420. The van der Waals surface area contributed by atoms with Crippen molar-refractivity contribution in [1.82, 2.24) is 9.38 Å². The number of rotatable bonds is 2. The first kappa shape index (κ1) is 11.0. The third-order valence-electron chi connectivity index (χ3n) is 3.32. The molecule has 3 rings (SSSR count). The van der Waals surface area contributed by atoms with Crippen LogP contribution in [0.25, 0.3) is 16.4 Å². The van der Waals surface area contributed by atoms with E-state index in [4.69, 9.17) is 10.5 Å². The zero-order chi connectivity index (χ0) is 12.7. The highest BCUT2D eigenvalue weighted by Crippen LogP contribution is 2.28. The van der Waals surface area contributed by atoms with Crippen LogP contribution < -0.4 is 10.5 Å².